The first-order chi connectivity index (χ1) is 11.5. The third-order valence-corrected chi connectivity index (χ3v) is 3.47. The first-order valence-electron chi connectivity index (χ1n) is 7.47. The predicted octanol–water partition coefficient (Wildman–Crippen LogP) is 4.32. The van der Waals surface area contributed by atoms with E-state index in [0.29, 0.717) is 0 Å². The number of nitrogens with one attached hydrogen (secondary N) is 1. The molecule has 1 amide bonds. The van der Waals surface area contributed by atoms with Crippen molar-refractivity contribution in [2.24, 2.45) is 5.41 Å². The lowest BCUT2D eigenvalue weighted by molar-refractivity contribution is -0.137. The smallest absolute Gasteiger partial charge is 0.324 e. The molecule has 0 aliphatic heterocycles. The summed E-state index contributed by atoms with van der Waals surface area (Å²) in [6.07, 6.45) is -1.75. The molecule has 0 bridgehead atoms. The topological polar surface area (TPSA) is 59.1 Å². The Balaban J connectivity index is 2.33. The molecule has 0 aliphatic carbocycles. The number of benzene rings is 1. The average Bonchev–Trinajstić information content (AvgIpc) is 2.53. The van der Waals surface area contributed by atoms with Gasteiger partial charge >= 0.3 is 6.18 Å². The van der Waals surface area contributed by atoms with Crippen LogP contribution in [-0.4, -0.2) is 16.7 Å². The van der Waals surface area contributed by atoms with Crippen molar-refractivity contribution in [3.63, 3.8) is 0 Å². The molecule has 0 fully saturated rings. The second kappa shape index (κ2) is 6.66. The van der Waals surface area contributed by atoms with Gasteiger partial charge in [0.05, 0.1) is 17.4 Å². The molecule has 1 N–H and O–H groups in total. The molecule has 2 aromatic rings. The molecule has 0 saturated carbocycles. The zero-order valence-corrected chi connectivity index (χ0v) is 13.9. The van der Waals surface area contributed by atoms with Crippen molar-refractivity contribution in [2.45, 2.75) is 26.9 Å². The van der Waals surface area contributed by atoms with Crippen molar-refractivity contribution in [3.05, 3.63) is 59.4 Å². The minimum absolute atomic E-state index is 0.0884. The molecule has 0 atom stereocenters. The van der Waals surface area contributed by atoms with Crippen LogP contribution in [0.2, 0.25) is 0 Å². The van der Waals surface area contributed by atoms with Crippen LogP contribution in [0.15, 0.2) is 42.7 Å². The van der Waals surface area contributed by atoms with Gasteiger partial charge in [-0.05, 0) is 18.2 Å². The maximum atomic E-state index is 12.6. The Labute approximate surface area is 143 Å². The summed E-state index contributed by atoms with van der Waals surface area (Å²) in [5.74, 6) is -0.803. The van der Waals surface area contributed by atoms with Gasteiger partial charge in [-0.2, -0.15) is 13.2 Å². The molecule has 0 aliphatic rings. The van der Waals surface area contributed by atoms with E-state index in [0.717, 1.165) is 24.3 Å². The number of aromatic nitrogens is 1. The minimum atomic E-state index is -4.47. The Kier molecular flexibility index (Phi) is 4.97. The third-order valence-electron chi connectivity index (χ3n) is 3.47. The molecule has 1 aromatic heterocycles. The molecule has 132 valence electrons. The molecule has 0 radical (unpaired) electrons. The van der Waals surface area contributed by atoms with Crippen molar-refractivity contribution < 1.29 is 22.8 Å². The van der Waals surface area contributed by atoms with Crippen LogP contribution < -0.4 is 5.32 Å². The largest absolute Gasteiger partial charge is 0.416 e. The zero-order valence-electron chi connectivity index (χ0n) is 13.9. The Hall–Kier alpha value is -2.70. The highest BCUT2D eigenvalue weighted by Gasteiger charge is 2.30. The number of carbonyl (C=O) groups is 2. The quantitative estimate of drug-likeness (QED) is 0.839. The monoisotopic (exact) mass is 350 g/mol. The number of pyridine rings is 1. The van der Waals surface area contributed by atoms with E-state index in [4.69, 9.17) is 0 Å². The van der Waals surface area contributed by atoms with Crippen LogP contribution in [0, 0.1) is 5.41 Å². The molecule has 1 heterocycles. The van der Waals surface area contributed by atoms with Crippen molar-refractivity contribution in [3.8, 4) is 0 Å². The van der Waals surface area contributed by atoms with Crippen LogP contribution >= 0.6 is 0 Å². The van der Waals surface area contributed by atoms with E-state index >= 15 is 0 Å². The number of rotatable bonds is 3. The number of hydrogen-bond acceptors (Lipinski definition) is 3. The van der Waals surface area contributed by atoms with Crippen molar-refractivity contribution in [1.82, 2.24) is 4.98 Å². The van der Waals surface area contributed by atoms with E-state index in [2.05, 4.69) is 10.3 Å². The second-order valence-electron chi connectivity index (χ2n) is 6.53. The number of hydrogen-bond donors (Lipinski definition) is 1. The van der Waals surface area contributed by atoms with Crippen LogP contribution in [0.1, 0.15) is 42.3 Å². The summed E-state index contributed by atoms with van der Waals surface area (Å²) in [7, 11) is 0. The van der Waals surface area contributed by atoms with Gasteiger partial charge in [-0.25, -0.2) is 0 Å². The minimum Gasteiger partial charge on any atom is -0.324 e. The standard InChI is InChI=1S/C18H17F3N2O2/c1-17(2,3)16(25)23-14-10-22-9-8-13(14)15(24)11-4-6-12(7-5-11)18(19,20)21/h4-10H,1-3H3,(H,23,25). The normalized spacial score (nSPS) is 11.9. The summed E-state index contributed by atoms with van der Waals surface area (Å²) in [6.45, 7) is 5.15. The van der Waals surface area contributed by atoms with E-state index in [1.54, 1.807) is 20.8 Å². The van der Waals surface area contributed by atoms with E-state index in [-0.39, 0.29) is 22.7 Å². The molecule has 2 rings (SSSR count). The van der Waals surface area contributed by atoms with Crippen LogP contribution in [0.25, 0.3) is 0 Å². The van der Waals surface area contributed by atoms with E-state index < -0.39 is 22.9 Å². The first kappa shape index (κ1) is 18.6. The summed E-state index contributed by atoms with van der Waals surface area (Å²) in [5.41, 5.74) is -1.05. The number of nitrogens with zero attached hydrogens (tertiary/aromatic N) is 1. The zero-order chi connectivity index (χ0) is 18.8. The fourth-order valence-corrected chi connectivity index (χ4v) is 1.97. The number of alkyl halides is 3. The third kappa shape index (κ3) is 4.43. The van der Waals surface area contributed by atoms with Gasteiger partial charge in [0.2, 0.25) is 5.91 Å². The highest BCUT2D eigenvalue weighted by molar-refractivity contribution is 6.13. The molecule has 0 saturated heterocycles. The Morgan fingerprint density at radius 3 is 2.12 bits per heavy atom. The molecule has 0 spiro atoms. The molecule has 4 nitrogen and oxygen atoms in total. The van der Waals surface area contributed by atoms with Gasteiger partial charge in [0.1, 0.15) is 0 Å². The number of carbonyl (C=O) groups excluding carboxylic acids is 2. The molecule has 1 aromatic carbocycles. The van der Waals surface area contributed by atoms with Gasteiger partial charge < -0.3 is 5.32 Å². The highest BCUT2D eigenvalue weighted by Crippen LogP contribution is 2.30. The van der Waals surface area contributed by atoms with E-state index in [1.807, 2.05) is 0 Å². The van der Waals surface area contributed by atoms with Gasteiger partial charge in [0.25, 0.3) is 0 Å². The van der Waals surface area contributed by atoms with Crippen molar-refractivity contribution in [2.75, 3.05) is 5.32 Å². The number of ketones is 1. The van der Waals surface area contributed by atoms with Crippen LogP contribution in [0.3, 0.4) is 0 Å². The lowest BCUT2D eigenvalue weighted by Crippen LogP contribution is -2.28. The van der Waals surface area contributed by atoms with E-state index in [1.165, 1.54) is 18.5 Å². The SMILES string of the molecule is CC(C)(C)C(=O)Nc1cnccc1C(=O)c1ccc(C(F)(F)F)cc1. The fraction of sp³-hybridized carbons (Fsp3) is 0.278. The number of halogens is 3. The summed E-state index contributed by atoms with van der Waals surface area (Å²) >= 11 is 0. The lowest BCUT2D eigenvalue weighted by Gasteiger charge is -2.18. The van der Waals surface area contributed by atoms with Gasteiger partial charge in [0, 0.05) is 22.7 Å². The van der Waals surface area contributed by atoms with Gasteiger partial charge in [-0.3, -0.25) is 14.6 Å². The predicted molar refractivity (Wildman–Crippen MR) is 87.2 cm³/mol. The van der Waals surface area contributed by atoms with E-state index in [9.17, 15) is 22.8 Å². The fourth-order valence-electron chi connectivity index (χ4n) is 1.97. The Morgan fingerprint density at radius 1 is 1.00 bits per heavy atom. The summed E-state index contributed by atoms with van der Waals surface area (Å²) < 4.78 is 37.9. The summed E-state index contributed by atoms with van der Waals surface area (Å²) in [6, 6.07) is 5.34. The highest BCUT2D eigenvalue weighted by atomic mass is 19.4. The molecular weight excluding hydrogens is 333 g/mol. The average molecular weight is 350 g/mol. The summed E-state index contributed by atoms with van der Waals surface area (Å²) in [5, 5.41) is 2.63. The van der Waals surface area contributed by atoms with Crippen LogP contribution in [0.4, 0.5) is 18.9 Å². The number of anilines is 1. The van der Waals surface area contributed by atoms with Crippen molar-refractivity contribution >= 4 is 17.4 Å². The van der Waals surface area contributed by atoms with Gasteiger partial charge in [-0.15, -0.1) is 0 Å². The maximum absolute atomic E-state index is 12.6. The maximum Gasteiger partial charge on any atom is 0.416 e. The Bertz CT molecular complexity index is 791. The van der Waals surface area contributed by atoms with Crippen LogP contribution in [0.5, 0.6) is 0 Å². The Morgan fingerprint density at radius 2 is 1.60 bits per heavy atom. The van der Waals surface area contributed by atoms with Crippen LogP contribution in [-0.2, 0) is 11.0 Å². The lowest BCUT2D eigenvalue weighted by atomic mass is 9.95. The first-order valence-corrected chi connectivity index (χ1v) is 7.47. The second-order valence-corrected chi connectivity index (χ2v) is 6.53. The molecular formula is C18H17F3N2O2. The van der Waals surface area contributed by atoms with Gasteiger partial charge in [0.15, 0.2) is 5.78 Å². The number of amides is 1. The molecule has 0 unspecified atom stereocenters. The molecule has 25 heavy (non-hydrogen) atoms. The van der Waals surface area contributed by atoms with Crippen molar-refractivity contribution in [1.29, 1.82) is 0 Å². The van der Waals surface area contributed by atoms with Gasteiger partial charge in [-0.1, -0.05) is 32.9 Å². The molecule has 7 heteroatoms. The summed E-state index contributed by atoms with van der Waals surface area (Å²) in [4.78, 5) is 28.6.